The average molecular weight is 233 g/mol. The quantitative estimate of drug-likeness (QED) is 0.698. The lowest BCUT2D eigenvalue weighted by Crippen LogP contribution is -2.43. The van der Waals surface area contributed by atoms with Gasteiger partial charge in [-0.1, -0.05) is 6.92 Å². The standard InChI is InChI=1S/C10H17ClN2O2/c1-8-3-2-5-13(6-4-8)10(15)12-9(14)7-11/h8H,2-7H2,1H3,(H,12,14,15). The molecule has 0 bridgehead atoms. The van der Waals surface area contributed by atoms with Gasteiger partial charge in [0.25, 0.3) is 0 Å². The summed E-state index contributed by atoms with van der Waals surface area (Å²) in [4.78, 5) is 24.2. The summed E-state index contributed by atoms with van der Waals surface area (Å²) in [7, 11) is 0. The number of nitrogens with one attached hydrogen (secondary N) is 1. The number of urea groups is 1. The maximum Gasteiger partial charge on any atom is 0.324 e. The zero-order chi connectivity index (χ0) is 11.3. The first-order chi connectivity index (χ1) is 7.13. The second kappa shape index (κ2) is 5.95. The van der Waals surface area contributed by atoms with Gasteiger partial charge in [-0.2, -0.15) is 0 Å². The van der Waals surface area contributed by atoms with Crippen molar-refractivity contribution in [3.8, 4) is 0 Å². The minimum atomic E-state index is -0.432. The van der Waals surface area contributed by atoms with Crippen molar-refractivity contribution in [2.75, 3.05) is 19.0 Å². The van der Waals surface area contributed by atoms with Crippen LogP contribution in [0.5, 0.6) is 0 Å². The maximum atomic E-state index is 11.6. The number of nitrogens with zero attached hydrogens (tertiary/aromatic N) is 1. The Morgan fingerprint density at radius 3 is 2.80 bits per heavy atom. The largest absolute Gasteiger partial charge is 0.324 e. The smallest absolute Gasteiger partial charge is 0.324 e. The first-order valence-corrected chi connectivity index (χ1v) is 5.81. The minimum absolute atomic E-state index is 0.171. The van der Waals surface area contributed by atoms with Crippen LogP contribution in [0.3, 0.4) is 0 Å². The summed E-state index contributed by atoms with van der Waals surface area (Å²) >= 11 is 5.31. The molecule has 0 aliphatic carbocycles. The molecule has 0 spiro atoms. The topological polar surface area (TPSA) is 49.4 Å². The van der Waals surface area contributed by atoms with Gasteiger partial charge in [0.2, 0.25) is 5.91 Å². The predicted octanol–water partition coefficient (Wildman–Crippen LogP) is 1.58. The number of likely N-dealkylation sites (tertiary alicyclic amines) is 1. The normalized spacial score (nSPS) is 22.0. The van der Waals surface area contributed by atoms with E-state index >= 15 is 0 Å². The second-order valence-electron chi connectivity index (χ2n) is 4.01. The van der Waals surface area contributed by atoms with Crippen molar-refractivity contribution in [1.29, 1.82) is 0 Å². The summed E-state index contributed by atoms with van der Waals surface area (Å²) < 4.78 is 0. The molecular weight excluding hydrogens is 216 g/mol. The Morgan fingerprint density at radius 2 is 2.13 bits per heavy atom. The molecular formula is C10H17ClN2O2. The Hall–Kier alpha value is -0.770. The summed E-state index contributed by atoms with van der Waals surface area (Å²) in [6.07, 6.45) is 3.15. The van der Waals surface area contributed by atoms with E-state index in [1.54, 1.807) is 4.90 Å². The Kier molecular flexibility index (Phi) is 4.88. The van der Waals surface area contributed by atoms with Crippen LogP contribution in [0.25, 0.3) is 0 Å². The lowest BCUT2D eigenvalue weighted by atomic mass is 10.0. The summed E-state index contributed by atoms with van der Waals surface area (Å²) in [5.41, 5.74) is 0. The van der Waals surface area contributed by atoms with Gasteiger partial charge in [-0.15, -0.1) is 11.6 Å². The number of hydrogen-bond donors (Lipinski definition) is 1. The van der Waals surface area contributed by atoms with Crippen molar-refractivity contribution < 1.29 is 9.59 Å². The first kappa shape index (κ1) is 12.3. The van der Waals surface area contributed by atoms with Crippen LogP contribution in [0.1, 0.15) is 26.2 Å². The van der Waals surface area contributed by atoms with E-state index < -0.39 is 5.91 Å². The Bertz CT molecular complexity index is 246. The van der Waals surface area contributed by atoms with Gasteiger partial charge < -0.3 is 4.90 Å². The lowest BCUT2D eigenvalue weighted by Gasteiger charge is -2.19. The molecule has 3 amide bonds. The molecule has 1 unspecified atom stereocenters. The van der Waals surface area contributed by atoms with Crippen LogP contribution in [0.2, 0.25) is 0 Å². The van der Waals surface area contributed by atoms with E-state index in [0.717, 1.165) is 32.4 Å². The highest BCUT2D eigenvalue weighted by atomic mass is 35.5. The molecule has 15 heavy (non-hydrogen) atoms. The SMILES string of the molecule is CC1CCCN(C(=O)NC(=O)CCl)CC1. The molecule has 1 heterocycles. The maximum absolute atomic E-state index is 11.6. The van der Waals surface area contributed by atoms with Gasteiger partial charge in [0.15, 0.2) is 0 Å². The Morgan fingerprint density at radius 1 is 1.40 bits per heavy atom. The number of imide groups is 1. The minimum Gasteiger partial charge on any atom is -0.324 e. The van der Waals surface area contributed by atoms with E-state index in [2.05, 4.69) is 12.2 Å². The van der Waals surface area contributed by atoms with Crippen molar-refractivity contribution in [2.45, 2.75) is 26.2 Å². The van der Waals surface area contributed by atoms with Crippen molar-refractivity contribution in [1.82, 2.24) is 10.2 Å². The molecule has 0 radical (unpaired) electrons. The van der Waals surface area contributed by atoms with Crippen LogP contribution in [-0.2, 0) is 4.79 Å². The molecule has 0 saturated carbocycles. The molecule has 0 aromatic rings. The molecule has 86 valence electrons. The number of hydrogen-bond acceptors (Lipinski definition) is 2. The number of halogens is 1. The van der Waals surface area contributed by atoms with Gasteiger partial charge in [-0.25, -0.2) is 4.79 Å². The van der Waals surface area contributed by atoms with Crippen LogP contribution >= 0.6 is 11.6 Å². The van der Waals surface area contributed by atoms with E-state index in [0.29, 0.717) is 5.92 Å². The molecule has 1 N–H and O–H groups in total. The summed E-state index contributed by atoms with van der Waals surface area (Å²) in [5.74, 6) is 0.0567. The molecule has 1 atom stereocenters. The van der Waals surface area contributed by atoms with Gasteiger partial charge >= 0.3 is 6.03 Å². The first-order valence-electron chi connectivity index (χ1n) is 5.28. The van der Waals surface area contributed by atoms with Gasteiger partial charge in [-0.05, 0) is 25.2 Å². The fourth-order valence-electron chi connectivity index (χ4n) is 1.70. The monoisotopic (exact) mass is 232 g/mol. The van der Waals surface area contributed by atoms with Gasteiger partial charge in [0.1, 0.15) is 5.88 Å². The fraction of sp³-hybridized carbons (Fsp3) is 0.800. The second-order valence-corrected chi connectivity index (χ2v) is 4.28. The molecule has 1 saturated heterocycles. The Balaban J connectivity index is 2.41. The molecule has 1 aliphatic heterocycles. The van der Waals surface area contributed by atoms with Crippen LogP contribution < -0.4 is 5.32 Å². The average Bonchev–Trinajstić information content (AvgIpc) is 2.42. The molecule has 1 aliphatic rings. The molecule has 1 rings (SSSR count). The van der Waals surface area contributed by atoms with Crippen LogP contribution in [-0.4, -0.2) is 35.8 Å². The molecule has 0 aromatic heterocycles. The van der Waals surface area contributed by atoms with Crippen LogP contribution in [0.4, 0.5) is 4.79 Å². The third-order valence-corrected chi connectivity index (χ3v) is 2.91. The fourth-order valence-corrected chi connectivity index (χ4v) is 1.76. The van der Waals surface area contributed by atoms with E-state index in [9.17, 15) is 9.59 Å². The van der Waals surface area contributed by atoms with E-state index in [4.69, 9.17) is 11.6 Å². The lowest BCUT2D eigenvalue weighted by molar-refractivity contribution is -0.117. The number of carbonyl (C=O) groups excluding carboxylic acids is 2. The predicted molar refractivity (Wildman–Crippen MR) is 58.8 cm³/mol. The number of amides is 3. The van der Waals surface area contributed by atoms with Crippen molar-refractivity contribution in [3.05, 3.63) is 0 Å². The Labute approximate surface area is 95.0 Å². The van der Waals surface area contributed by atoms with Gasteiger partial charge in [0.05, 0.1) is 0 Å². The zero-order valence-corrected chi connectivity index (χ0v) is 9.72. The number of rotatable bonds is 1. The number of alkyl halides is 1. The van der Waals surface area contributed by atoms with Gasteiger partial charge in [0, 0.05) is 13.1 Å². The van der Waals surface area contributed by atoms with Crippen LogP contribution in [0.15, 0.2) is 0 Å². The van der Waals surface area contributed by atoms with E-state index in [1.165, 1.54) is 0 Å². The third kappa shape index (κ3) is 4.08. The highest BCUT2D eigenvalue weighted by molar-refractivity contribution is 6.28. The van der Waals surface area contributed by atoms with E-state index in [-0.39, 0.29) is 11.9 Å². The van der Waals surface area contributed by atoms with E-state index in [1.807, 2.05) is 0 Å². The van der Waals surface area contributed by atoms with Crippen molar-refractivity contribution in [2.24, 2.45) is 5.92 Å². The third-order valence-electron chi connectivity index (χ3n) is 2.67. The zero-order valence-electron chi connectivity index (χ0n) is 8.96. The molecule has 5 heteroatoms. The highest BCUT2D eigenvalue weighted by Gasteiger charge is 2.19. The van der Waals surface area contributed by atoms with Gasteiger partial charge in [-0.3, -0.25) is 10.1 Å². The molecule has 0 aromatic carbocycles. The van der Waals surface area contributed by atoms with Crippen molar-refractivity contribution in [3.63, 3.8) is 0 Å². The summed E-state index contributed by atoms with van der Waals surface area (Å²) in [6, 6.07) is -0.310. The molecule has 4 nitrogen and oxygen atoms in total. The summed E-state index contributed by atoms with van der Waals surface area (Å²) in [6.45, 7) is 3.64. The highest BCUT2D eigenvalue weighted by Crippen LogP contribution is 2.16. The summed E-state index contributed by atoms with van der Waals surface area (Å²) in [5, 5.41) is 2.26. The van der Waals surface area contributed by atoms with Crippen molar-refractivity contribution >= 4 is 23.5 Å². The van der Waals surface area contributed by atoms with Crippen LogP contribution in [0, 0.1) is 5.92 Å². The number of carbonyl (C=O) groups is 2. The molecule has 1 fully saturated rings.